The maximum Gasteiger partial charge on any atom is 0.234 e. The van der Waals surface area contributed by atoms with E-state index in [9.17, 15) is 9.90 Å². The van der Waals surface area contributed by atoms with Crippen LogP contribution >= 0.6 is 11.6 Å². The van der Waals surface area contributed by atoms with Crippen molar-refractivity contribution in [3.8, 4) is 0 Å². The van der Waals surface area contributed by atoms with E-state index in [1.165, 1.54) is 0 Å². The molecular formula is C13H19ClN2O3. The number of carbonyl (C=O) groups is 1. The van der Waals surface area contributed by atoms with Gasteiger partial charge in [0, 0.05) is 11.6 Å². The van der Waals surface area contributed by atoms with Crippen molar-refractivity contribution in [1.29, 1.82) is 0 Å². The largest absolute Gasteiger partial charge is 0.389 e. The Labute approximate surface area is 117 Å². The Bertz CT molecular complexity index is 415. The van der Waals surface area contributed by atoms with Gasteiger partial charge in [0.15, 0.2) is 0 Å². The van der Waals surface area contributed by atoms with Crippen LogP contribution in [0.2, 0.25) is 5.02 Å². The molecule has 0 aliphatic carbocycles. The van der Waals surface area contributed by atoms with Crippen LogP contribution in [0.25, 0.3) is 0 Å². The van der Waals surface area contributed by atoms with Crippen LogP contribution in [0.5, 0.6) is 0 Å². The summed E-state index contributed by atoms with van der Waals surface area (Å²) in [7, 11) is 0. The lowest BCUT2D eigenvalue weighted by molar-refractivity contribution is -0.119. The third-order valence-corrected chi connectivity index (χ3v) is 2.98. The van der Waals surface area contributed by atoms with Gasteiger partial charge in [-0.05, 0) is 18.6 Å². The molecule has 106 valence electrons. The Balaban J connectivity index is 2.22. The number of hydrogen-bond acceptors (Lipinski definition) is 4. The highest BCUT2D eigenvalue weighted by Gasteiger charge is 2.11. The number of amides is 1. The molecule has 0 fully saturated rings. The molecule has 0 radical (unpaired) electrons. The molecule has 1 aromatic rings. The first-order chi connectivity index (χ1) is 9.00. The number of benzene rings is 1. The third-order valence-electron chi connectivity index (χ3n) is 2.61. The number of carbonyl (C=O) groups excluding carboxylic acids is 1. The first kappa shape index (κ1) is 15.9. The van der Waals surface area contributed by atoms with Gasteiger partial charge in [0.05, 0.1) is 25.4 Å². The predicted octanol–water partition coefficient (Wildman–Crippen LogP) is 0.681. The normalized spacial score (nSPS) is 14.1. The lowest BCUT2D eigenvalue weighted by Crippen LogP contribution is -2.43. The van der Waals surface area contributed by atoms with Gasteiger partial charge in [-0.25, -0.2) is 0 Å². The van der Waals surface area contributed by atoms with E-state index in [0.29, 0.717) is 11.6 Å². The van der Waals surface area contributed by atoms with Crippen LogP contribution in [0.1, 0.15) is 12.5 Å². The Hall–Kier alpha value is -1.14. The molecule has 1 amide bonds. The zero-order chi connectivity index (χ0) is 14.3. The number of aliphatic hydroxyl groups is 1. The van der Waals surface area contributed by atoms with Crippen molar-refractivity contribution in [2.24, 2.45) is 5.73 Å². The van der Waals surface area contributed by atoms with Gasteiger partial charge in [-0.1, -0.05) is 29.8 Å². The van der Waals surface area contributed by atoms with E-state index in [2.05, 4.69) is 5.32 Å². The van der Waals surface area contributed by atoms with Crippen molar-refractivity contribution in [2.45, 2.75) is 25.7 Å². The number of rotatable bonds is 8. The van der Waals surface area contributed by atoms with Gasteiger partial charge in [0.2, 0.25) is 5.91 Å². The maximum atomic E-state index is 10.8. The molecule has 0 spiro atoms. The van der Waals surface area contributed by atoms with Gasteiger partial charge in [-0.2, -0.15) is 0 Å². The van der Waals surface area contributed by atoms with Crippen LogP contribution in [0.3, 0.4) is 0 Å². The summed E-state index contributed by atoms with van der Waals surface area (Å²) in [6.45, 7) is 2.37. The van der Waals surface area contributed by atoms with E-state index < -0.39 is 18.1 Å². The number of ether oxygens (including phenoxy) is 1. The van der Waals surface area contributed by atoms with Crippen molar-refractivity contribution < 1.29 is 14.6 Å². The lowest BCUT2D eigenvalue weighted by atomic mass is 10.2. The summed E-state index contributed by atoms with van der Waals surface area (Å²) in [5.74, 6) is -0.454. The maximum absolute atomic E-state index is 10.8. The summed E-state index contributed by atoms with van der Waals surface area (Å²) < 4.78 is 5.36. The highest BCUT2D eigenvalue weighted by atomic mass is 35.5. The van der Waals surface area contributed by atoms with E-state index in [1.807, 2.05) is 18.2 Å². The fourth-order valence-corrected chi connectivity index (χ4v) is 1.58. The number of nitrogens with one attached hydrogen (secondary N) is 1. The smallest absolute Gasteiger partial charge is 0.234 e. The van der Waals surface area contributed by atoms with E-state index in [4.69, 9.17) is 22.1 Å². The molecule has 0 aliphatic rings. The number of hydrogen-bond donors (Lipinski definition) is 3. The second kappa shape index (κ2) is 8.12. The first-order valence-electron chi connectivity index (χ1n) is 6.02. The van der Waals surface area contributed by atoms with E-state index in [0.717, 1.165) is 5.56 Å². The Morgan fingerprint density at radius 3 is 2.84 bits per heavy atom. The molecule has 0 bridgehead atoms. The van der Waals surface area contributed by atoms with Crippen LogP contribution in [0, 0.1) is 0 Å². The van der Waals surface area contributed by atoms with Crippen molar-refractivity contribution in [3.05, 3.63) is 34.9 Å². The van der Waals surface area contributed by atoms with Gasteiger partial charge < -0.3 is 20.9 Å². The monoisotopic (exact) mass is 286 g/mol. The second-order valence-corrected chi connectivity index (χ2v) is 4.70. The average molecular weight is 287 g/mol. The summed E-state index contributed by atoms with van der Waals surface area (Å²) in [6, 6.07) is 6.89. The molecule has 2 unspecified atom stereocenters. The highest BCUT2D eigenvalue weighted by molar-refractivity contribution is 6.31. The van der Waals surface area contributed by atoms with E-state index in [1.54, 1.807) is 13.0 Å². The van der Waals surface area contributed by atoms with Crippen molar-refractivity contribution in [3.63, 3.8) is 0 Å². The highest BCUT2D eigenvalue weighted by Crippen LogP contribution is 2.15. The van der Waals surface area contributed by atoms with E-state index >= 15 is 0 Å². The molecule has 0 aromatic heterocycles. The second-order valence-electron chi connectivity index (χ2n) is 4.29. The molecule has 0 saturated carbocycles. The van der Waals surface area contributed by atoms with Gasteiger partial charge in [-0.3, -0.25) is 4.79 Å². The summed E-state index contributed by atoms with van der Waals surface area (Å²) in [4.78, 5) is 10.8. The zero-order valence-electron chi connectivity index (χ0n) is 10.8. The number of nitrogens with two attached hydrogens (primary N) is 1. The summed E-state index contributed by atoms with van der Waals surface area (Å²) in [6.07, 6.45) is -0.704. The van der Waals surface area contributed by atoms with Crippen LogP contribution < -0.4 is 11.1 Å². The van der Waals surface area contributed by atoms with Crippen molar-refractivity contribution in [1.82, 2.24) is 5.32 Å². The Kier molecular flexibility index (Phi) is 6.80. The lowest BCUT2D eigenvalue weighted by Gasteiger charge is -2.15. The van der Waals surface area contributed by atoms with Gasteiger partial charge in [0.1, 0.15) is 0 Å². The molecule has 0 heterocycles. The van der Waals surface area contributed by atoms with Gasteiger partial charge >= 0.3 is 0 Å². The average Bonchev–Trinajstić information content (AvgIpc) is 2.38. The van der Waals surface area contributed by atoms with Crippen LogP contribution in [0.4, 0.5) is 0 Å². The van der Waals surface area contributed by atoms with Gasteiger partial charge in [0.25, 0.3) is 0 Å². The third kappa shape index (κ3) is 6.02. The molecular weight excluding hydrogens is 268 g/mol. The Morgan fingerprint density at radius 1 is 1.53 bits per heavy atom. The predicted molar refractivity (Wildman–Crippen MR) is 73.8 cm³/mol. The first-order valence-corrected chi connectivity index (χ1v) is 6.40. The zero-order valence-corrected chi connectivity index (χ0v) is 11.6. The van der Waals surface area contributed by atoms with Crippen molar-refractivity contribution >= 4 is 17.5 Å². The minimum Gasteiger partial charge on any atom is -0.389 e. The molecule has 0 aliphatic heterocycles. The van der Waals surface area contributed by atoms with Crippen LogP contribution in [-0.4, -0.2) is 36.3 Å². The molecule has 0 saturated heterocycles. The van der Waals surface area contributed by atoms with Crippen molar-refractivity contribution in [2.75, 3.05) is 13.2 Å². The molecule has 5 nitrogen and oxygen atoms in total. The van der Waals surface area contributed by atoms with Crippen LogP contribution in [0.15, 0.2) is 24.3 Å². The minimum atomic E-state index is -0.704. The fraction of sp³-hybridized carbons (Fsp3) is 0.462. The summed E-state index contributed by atoms with van der Waals surface area (Å²) >= 11 is 5.97. The standard InChI is InChI=1S/C13H19ClN2O3/c1-9(13(15)18)16-6-11(17)8-19-7-10-4-2-3-5-12(10)14/h2-5,9,11,16-17H,6-8H2,1H3,(H2,15,18). The van der Waals surface area contributed by atoms with E-state index in [-0.39, 0.29) is 13.2 Å². The molecule has 6 heteroatoms. The fourth-order valence-electron chi connectivity index (χ4n) is 1.39. The SMILES string of the molecule is CC(NCC(O)COCc1ccccc1Cl)C(N)=O. The molecule has 4 N–H and O–H groups in total. The molecule has 1 rings (SSSR count). The molecule has 2 atom stereocenters. The number of halogens is 1. The van der Waals surface area contributed by atoms with Crippen LogP contribution in [-0.2, 0) is 16.1 Å². The summed E-state index contributed by atoms with van der Waals surface area (Å²) in [5.41, 5.74) is 5.96. The Morgan fingerprint density at radius 2 is 2.21 bits per heavy atom. The number of primary amides is 1. The number of aliphatic hydroxyl groups excluding tert-OH is 1. The van der Waals surface area contributed by atoms with Gasteiger partial charge in [-0.15, -0.1) is 0 Å². The topological polar surface area (TPSA) is 84.6 Å². The molecule has 1 aromatic carbocycles. The quantitative estimate of drug-likeness (QED) is 0.656. The molecule has 19 heavy (non-hydrogen) atoms. The minimum absolute atomic E-state index is 0.156. The summed E-state index contributed by atoms with van der Waals surface area (Å²) in [5, 5.41) is 13.1.